The number of phenols is 1. The largest absolute Gasteiger partial charge is 0.508 e. The van der Waals surface area contributed by atoms with Crippen LogP contribution in [0.3, 0.4) is 0 Å². The SMILES string of the molecule is NC(C(=O)O)c1cc2c(cc1O)CCC2. The number of aryl methyl sites for hydroxylation is 2. The Bertz CT molecular complexity index is 415. The molecule has 0 fully saturated rings. The number of carboxylic acids is 1. The highest BCUT2D eigenvalue weighted by Crippen LogP contribution is 2.31. The van der Waals surface area contributed by atoms with Crippen LogP contribution in [0.25, 0.3) is 0 Å². The summed E-state index contributed by atoms with van der Waals surface area (Å²) in [5.74, 6) is -1.13. The minimum Gasteiger partial charge on any atom is -0.508 e. The molecule has 15 heavy (non-hydrogen) atoms. The smallest absolute Gasteiger partial charge is 0.325 e. The molecule has 1 aromatic carbocycles. The molecule has 0 radical (unpaired) electrons. The number of rotatable bonds is 2. The van der Waals surface area contributed by atoms with Crippen LogP contribution in [0.4, 0.5) is 0 Å². The number of benzene rings is 1. The molecule has 4 N–H and O–H groups in total. The maximum atomic E-state index is 10.7. The number of nitrogens with two attached hydrogens (primary N) is 1. The van der Waals surface area contributed by atoms with Crippen molar-refractivity contribution in [3.63, 3.8) is 0 Å². The molecule has 0 heterocycles. The molecule has 2 rings (SSSR count). The highest BCUT2D eigenvalue weighted by molar-refractivity contribution is 5.76. The number of phenolic OH excluding ortho intramolecular Hbond substituents is 1. The average molecular weight is 207 g/mol. The molecule has 0 saturated carbocycles. The predicted octanol–water partition coefficient (Wildman–Crippen LogP) is 0.965. The van der Waals surface area contributed by atoms with Crippen molar-refractivity contribution >= 4 is 5.97 Å². The van der Waals surface area contributed by atoms with E-state index in [4.69, 9.17) is 10.8 Å². The number of carboxylic acid groups (broad SMARTS) is 1. The minimum atomic E-state index is -1.14. The van der Waals surface area contributed by atoms with Gasteiger partial charge in [-0.1, -0.05) is 0 Å². The van der Waals surface area contributed by atoms with Crippen LogP contribution in [-0.4, -0.2) is 16.2 Å². The average Bonchev–Trinajstić information content (AvgIpc) is 2.62. The second-order valence-corrected chi connectivity index (χ2v) is 3.85. The molecule has 0 bridgehead atoms. The Labute approximate surface area is 87.3 Å². The van der Waals surface area contributed by atoms with Gasteiger partial charge in [0.2, 0.25) is 0 Å². The fraction of sp³-hybridized carbons (Fsp3) is 0.364. The topological polar surface area (TPSA) is 83.6 Å². The van der Waals surface area contributed by atoms with Crippen LogP contribution < -0.4 is 5.73 Å². The Morgan fingerprint density at radius 2 is 1.93 bits per heavy atom. The summed E-state index contributed by atoms with van der Waals surface area (Å²) in [6.07, 6.45) is 2.95. The molecular formula is C11H13NO3. The molecule has 80 valence electrons. The van der Waals surface area contributed by atoms with E-state index < -0.39 is 12.0 Å². The van der Waals surface area contributed by atoms with E-state index in [1.54, 1.807) is 12.1 Å². The Balaban J connectivity index is 2.44. The van der Waals surface area contributed by atoms with E-state index in [9.17, 15) is 9.90 Å². The van der Waals surface area contributed by atoms with Gasteiger partial charge >= 0.3 is 5.97 Å². The molecule has 0 aliphatic heterocycles. The van der Waals surface area contributed by atoms with Crippen molar-refractivity contribution in [2.45, 2.75) is 25.3 Å². The number of aromatic hydroxyl groups is 1. The monoisotopic (exact) mass is 207 g/mol. The summed E-state index contributed by atoms with van der Waals surface area (Å²) in [4.78, 5) is 10.7. The molecule has 1 unspecified atom stereocenters. The summed E-state index contributed by atoms with van der Waals surface area (Å²) in [7, 11) is 0. The summed E-state index contributed by atoms with van der Waals surface area (Å²) < 4.78 is 0. The number of hydrogen-bond acceptors (Lipinski definition) is 3. The normalized spacial score (nSPS) is 16.1. The Hall–Kier alpha value is -1.55. The zero-order chi connectivity index (χ0) is 11.0. The van der Waals surface area contributed by atoms with Gasteiger partial charge in [0.15, 0.2) is 0 Å². The first-order valence-corrected chi connectivity index (χ1v) is 4.92. The lowest BCUT2D eigenvalue weighted by Crippen LogP contribution is -2.20. The van der Waals surface area contributed by atoms with Crippen molar-refractivity contribution in [1.29, 1.82) is 0 Å². The van der Waals surface area contributed by atoms with Gasteiger partial charge < -0.3 is 15.9 Å². The zero-order valence-electron chi connectivity index (χ0n) is 8.23. The maximum Gasteiger partial charge on any atom is 0.325 e. The van der Waals surface area contributed by atoms with Gasteiger partial charge in [0, 0.05) is 5.56 Å². The highest BCUT2D eigenvalue weighted by Gasteiger charge is 2.21. The van der Waals surface area contributed by atoms with Crippen molar-refractivity contribution in [2.24, 2.45) is 5.73 Å². The summed E-state index contributed by atoms with van der Waals surface area (Å²) >= 11 is 0. The maximum absolute atomic E-state index is 10.7. The van der Waals surface area contributed by atoms with Crippen LogP contribution in [-0.2, 0) is 17.6 Å². The lowest BCUT2D eigenvalue weighted by Gasteiger charge is -2.11. The van der Waals surface area contributed by atoms with Gasteiger partial charge in [0.05, 0.1) is 0 Å². The third-order valence-electron chi connectivity index (χ3n) is 2.84. The molecule has 4 nitrogen and oxygen atoms in total. The van der Waals surface area contributed by atoms with Gasteiger partial charge in [-0.2, -0.15) is 0 Å². The number of aliphatic carboxylic acids is 1. The first-order valence-electron chi connectivity index (χ1n) is 4.92. The van der Waals surface area contributed by atoms with Crippen LogP contribution in [0.2, 0.25) is 0 Å². The molecule has 0 aromatic heterocycles. The number of fused-ring (bicyclic) bond motifs is 1. The molecule has 1 aliphatic rings. The zero-order valence-corrected chi connectivity index (χ0v) is 8.23. The fourth-order valence-corrected chi connectivity index (χ4v) is 2.01. The summed E-state index contributed by atoms with van der Waals surface area (Å²) in [6, 6.07) is 2.22. The Morgan fingerprint density at radius 3 is 2.53 bits per heavy atom. The second kappa shape index (κ2) is 3.55. The quantitative estimate of drug-likeness (QED) is 0.674. The molecular weight excluding hydrogens is 194 g/mol. The van der Waals surface area contributed by atoms with Gasteiger partial charge in [-0.05, 0) is 42.5 Å². The van der Waals surface area contributed by atoms with E-state index in [1.807, 2.05) is 0 Å². The molecule has 0 spiro atoms. The van der Waals surface area contributed by atoms with Crippen LogP contribution in [0.5, 0.6) is 5.75 Å². The van der Waals surface area contributed by atoms with E-state index in [1.165, 1.54) is 0 Å². The van der Waals surface area contributed by atoms with Crippen molar-refractivity contribution < 1.29 is 15.0 Å². The van der Waals surface area contributed by atoms with Crippen molar-refractivity contribution in [3.8, 4) is 5.75 Å². The van der Waals surface area contributed by atoms with Gasteiger partial charge in [0.25, 0.3) is 0 Å². The minimum absolute atomic E-state index is 0.00875. The van der Waals surface area contributed by atoms with Crippen LogP contribution >= 0.6 is 0 Å². The third-order valence-corrected chi connectivity index (χ3v) is 2.84. The van der Waals surface area contributed by atoms with Crippen molar-refractivity contribution in [2.75, 3.05) is 0 Å². The number of carbonyl (C=O) groups is 1. The molecule has 4 heteroatoms. The van der Waals surface area contributed by atoms with E-state index in [-0.39, 0.29) is 5.75 Å². The van der Waals surface area contributed by atoms with Gasteiger partial charge in [-0.25, -0.2) is 0 Å². The summed E-state index contributed by atoms with van der Waals surface area (Å²) in [5.41, 5.74) is 8.00. The Morgan fingerprint density at radius 1 is 1.33 bits per heavy atom. The first kappa shape index (κ1) is 9.98. The van der Waals surface area contributed by atoms with Crippen molar-refractivity contribution in [1.82, 2.24) is 0 Å². The van der Waals surface area contributed by atoms with E-state index >= 15 is 0 Å². The molecule has 0 amide bonds. The standard InChI is InChI=1S/C11H13NO3/c12-10(11(14)15)8-4-6-2-1-3-7(6)5-9(8)13/h4-5,10,13H,1-3,12H2,(H,14,15). The first-order chi connectivity index (χ1) is 7.09. The lowest BCUT2D eigenvalue weighted by molar-refractivity contribution is -0.138. The third kappa shape index (κ3) is 1.68. The van der Waals surface area contributed by atoms with Gasteiger partial charge in [-0.15, -0.1) is 0 Å². The van der Waals surface area contributed by atoms with E-state index in [2.05, 4.69) is 0 Å². The van der Waals surface area contributed by atoms with Crippen LogP contribution in [0.1, 0.15) is 29.2 Å². The second-order valence-electron chi connectivity index (χ2n) is 3.85. The van der Waals surface area contributed by atoms with E-state index in [0.29, 0.717) is 5.56 Å². The fourth-order valence-electron chi connectivity index (χ4n) is 2.01. The number of hydrogen-bond donors (Lipinski definition) is 3. The van der Waals surface area contributed by atoms with Crippen LogP contribution in [0, 0.1) is 0 Å². The molecule has 0 saturated heterocycles. The molecule has 1 atom stereocenters. The highest BCUT2D eigenvalue weighted by atomic mass is 16.4. The predicted molar refractivity (Wildman–Crippen MR) is 54.7 cm³/mol. The van der Waals surface area contributed by atoms with Gasteiger partial charge in [-0.3, -0.25) is 4.79 Å². The summed E-state index contributed by atoms with van der Waals surface area (Å²) in [6.45, 7) is 0. The lowest BCUT2D eigenvalue weighted by atomic mass is 10.0. The molecule has 1 aromatic rings. The van der Waals surface area contributed by atoms with Crippen molar-refractivity contribution in [3.05, 3.63) is 28.8 Å². The molecule has 1 aliphatic carbocycles. The van der Waals surface area contributed by atoms with Crippen LogP contribution in [0.15, 0.2) is 12.1 Å². The Kier molecular flexibility index (Phi) is 2.36. The summed E-state index contributed by atoms with van der Waals surface area (Å²) in [5, 5.41) is 18.4. The van der Waals surface area contributed by atoms with Gasteiger partial charge in [0.1, 0.15) is 11.8 Å². The van der Waals surface area contributed by atoms with E-state index in [0.717, 1.165) is 30.4 Å².